The van der Waals surface area contributed by atoms with Gasteiger partial charge in [-0.15, -0.1) is 0 Å². The first-order valence-corrected chi connectivity index (χ1v) is 9.54. The number of hydrogen-bond acceptors (Lipinski definition) is 6. The Morgan fingerprint density at radius 2 is 1.81 bits per heavy atom. The fourth-order valence-electron chi connectivity index (χ4n) is 3.32. The van der Waals surface area contributed by atoms with Crippen LogP contribution in [0.5, 0.6) is 11.5 Å². The zero-order valence-electron chi connectivity index (χ0n) is 17.1. The van der Waals surface area contributed by atoms with Gasteiger partial charge in [0.2, 0.25) is 5.91 Å². The molecule has 1 N–H and O–H groups in total. The molecule has 1 aliphatic heterocycles. The molecular weight excluding hydrogens is 402 g/mol. The molecule has 1 aromatic heterocycles. The second-order valence-electron chi connectivity index (χ2n) is 6.89. The Bertz CT molecular complexity index is 1180. The third kappa shape index (κ3) is 4.00. The van der Waals surface area contributed by atoms with Crippen molar-refractivity contribution in [2.45, 2.75) is 19.6 Å². The summed E-state index contributed by atoms with van der Waals surface area (Å²) in [5, 5.41) is 6.91. The van der Waals surface area contributed by atoms with Crippen LogP contribution in [0.3, 0.4) is 0 Å². The maximum absolute atomic E-state index is 12.7. The van der Waals surface area contributed by atoms with Gasteiger partial charge in [0.15, 0.2) is 5.82 Å². The van der Waals surface area contributed by atoms with Crippen molar-refractivity contribution in [1.82, 2.24) is 19.7 Å². The fraction of sp³-hybridized carbons (Fsp3) is 0.238. The van der Waals surface area contributed by atoms with Crippen molar-refractivity contribution in [2.75, 3.05) is 19.1 Å². The Kier molecular flexibility index (Phi) is 5.44. The number of ether oxygens (including phenoxy) is 2. The highest BCUT2D eigenvalue weighted by Gasteiger charge is 2.33. The average Bonchev–Trinajstić information content (AvgIpc) is 3.28. The smallest absolute Gasteiger partial charge is 0.354 e. The van der Waals surface area contributed by atoms with Crippen LogP contribution in [-0.2, 0) is 24.4 Å². The Morgan fingerprint density at radius 3 is 2.48 bits per heavy atom. The number of methoxy groups -OCH3 is 2. The number of carbonyl (C=O) groups excluding carboxylic acids is 2. The van der Waals surface area contributed by atoms with Gasteiger partial charge in [0, 0.05) is 12.2 Å². The van der Waals surface area contributed by atoms with E-state index in [9.17, 15) is 14.4 Å². The van der Waals surface area contributed by atoms with Crippen molar-refractivity contribution < 1.29 is 19.1 Å². The molecule has 31 heavy (non-hydrogen) atoms. The summed E-state index contributed by atoms with van der Waals surface area (Å²) >= 11 is 0. The molecule has 0 radical (unpaired) electrons. The van der Waals surface area contributed by atoms with Crippen molar-refractivity contribution in [3.05, 3.63) is 70.4 Å². The summed E-state index contributed by atoms with van der Waals surface area (Å²) in [5.41, 5.74) is 0.837. The molecule has 0 bridgehead atoms. The number of hydrogen-bond donors (Lipinski definition) is 1. The average molecular weight is 423 g/mol. The maximum Gasteiger partial charge on any atom is 0.354 e. The fourth-order valence-corrected chi connectivity index (χ4v) is 3.32. The number of fused-ring (bicyclic) bond motifs is 1. The molecule has 3 aromatic rings. The van der Waals surface area contributed by atoms with Gasteiger partial charge in [0.1, 0.15) is 18.0 Å². The van der Waals surface area contributed by atoms with E-state index in [1.807, 2.05) is 24.3 Å². The van der Waals surface area contributed by atoms with Gasteiger partial charge in [-0.05, 0) is 42.0 Å². The van der Waals surface area contributed by atoms with E-state index in [0.29, 0.717) is 17.2 Å². The van der Waals surface area contributed by atoms with Crippen LogP contribution in [0.15, 0.2) is 53.3 Å². The van der Waals surface area contributed by atoms with E-state index in [-0.39, 0.29) is 31.4 Å². The van der Waals surface area contributed by atoms with E-state index in [1.54, 1.807) is 38.5 Å². The highest BCUT2D eigenvalue weighted by atomic mass is 16.5. The lowest BCUT2D eigenvalue weighted by atomic mass is 10.2. The third-order valence-electron chi connectivity index (χ3n) is 4.93. The Labute approximate surface area is 177 Å². The van der Waals surface area contributed by atoms with Crippen LogP contribution in [0.2, 0.25) is 0 Å². The number of rotatable bonds is 7. The van der Waals surface area contributed by atoms with Crippen molar-refractivity contribution in [3.8, 4) is 11.5 Å². The number of aromatic nitrogens is 3. The molecule has 10 heteroatoms. The van der Waals surface area contributed by atoms with E-state index < -0.39 is 11.7 Å². The summed E-state index contributed by atoms with van der Waals surface area (Å²) in [7, 11) is 3.13. The zero-order chi connectivity index (χ0) is 22.0. The van der Waals surface area contributed by atoms with Gasteiger partial charge < -0.3 is 14.8 Å². The van der Waals surface area contributed by atoms with Crippen molar-refractivity contribution >= 4 is 17.6 Å². The Morgan fingerprint density at radius 1 is 1.06 bits per heavy atom. The number of carbonyl (C=O) groups is 2. The van der Waals surface area contributed by atoms with Crippen LogP contribution < -0.4 is 25.4 Å². The molecule has 10 nitrogen and oxygen atoms in total. The van der Waals surface area contributed by atoms with Gasteiger partial charge >= 0.3 is 11.7 Å². The summed E-state index contributed by atoms with van der Waals surface area (Å²) in [4.78, 5) is 39.1. The molecular formula is C21H21N5O5. The quantitative estimate of drug-likeness (QED) is 0.615. The first-order chi connectivity index (χ1) is 15.0. The topological polar surface area (TPSA) is 108 Å². The van der Waals surface area contributed by atoms with Crippen LogP contribution in [0, 0.1) is 0 Å². The van der Waals surface area contributed by atoms with Gasteiger partial charge in [-0.3, -0.25) is 9.69 Å². The largest absolute Gasteiger partial charge is 0.497 e. The molecule has 0 aliphatic carbocycles. The van der Waals surface area contributed by atoms with E-state index in [2.05, 4.69) is 10.4 Å². The van der Waals surface area contributed by atoms with Crippen molar-refractivity contribution in [1.29, 1.82) is 0 Å². The second kappa shape index (κ2) is 8.34. The SMILES string of the molecule is COc1ccc(N2Cc3nn(CC(=O)NCc4cccc(OC)c4)c(=O)n3C2=O)cc1. The monoisotopic (exact) mass is 423 g/mol. The normalized spacial score (nSPS) is 12.6. The van der Waals surface area contributed by atoms with E-state index in [0.717, 1.165) is 14.8 Å². The molecule has 2 aromatic carbocycles. The molecule has 1 aliphatic rings. The van der Waals surface area contributed by atoms with Gasteiger partial charge in [-0.25, -0.2) is 14.3 Å². The molecule has 160 valence electrons. The summed E-state index contributed by atoms with van der Waals surface area (Å²) in [6, 6.07) is 13.7. The number of nitrogens with one attached hydrogen (secondary N) is 1. The summed E-state index contributed by atoms with van der Waals surface area (Å²) in [6.07, 6.45) is 0. The Hall–Kier alpha value is -4.08. The lowest BCUT2D eigenvalue weighted by Gasteiger charge is -2.15. The lowest BCUT2D eigenvalue weighted by molar-refractivity contribution is -0.122. The molecule has 4 rings (SSSR count). The number of amides is 2. The van der Waals surface area contributed by atoms with Crippen molar-refractivity contribution in [2.24, 2.45) is 0 Å². The van der Waals surface area contributed by atoms with Gasteiger partial charge in [0.25, 0.3) is 0 Å². The predicted octanol–water partition coefficient (Wildman–Crippen LogP) is 1.37. The number of anilines is 1. The summed E-state index contributed by atoms with van der Waals surface area (Å²) < 4.78 is 12.3. The first-order valence-electron chi connectivity index (χ1n) is 9.54. The zero-order valence-corrected chi connectivity index (χ0v) is 17.1. The molecule has 2 amide bonds. The van der Waals surface area contributed by atoms with Crippen LogP contribution in [0.25, 0.3) is 0 Å². The number of benzene rings is 2. The molecule has 0 fully saturated rings. The molecule has 0 saturated carbocycles. The van der Waals surface area contributed by atoms with Crippen LogP contribution in [0.4, 0.5) is 10.5 Å². The highest BCUT2D eigenvalue weighted by molar-refractivity contribution is 5.96. The van der Waals surface area contributed by atoms with Gasteiger partial charge in [-0.2, -0.15) is 9.67 Å². The minimum absolute atomic E-state index is 0.138. The molecule has 0 unspecified atom stereocenters. The number of nitrogens with zero attached hydrogens (tertiary/aromatic N) is 4. The summed E-state index contributed by atoms with van der Waals surface area (Å²) in [6.45, 7) is 0.139. The first kappa shape index (κ1) is 20.2. The third-order valence-corrected chi connectivity index (χ3v) is 4.93. The standard InChI is InChI=1S/C21H21N5O5/c1-30-16-8-6-15(7-9-16)24-12-18-23-25(21(29)26(18)20(24)28)13-19(27)22-11-14-4-3-5-17(10-14)31-2/h3-10H,11-13H2,1-2H3,(H,22,27). The van der Waals surface area contributed by atoms with Gasteiger partial charge in [-0.1, -0.05) is 12.1 Å². The van der Waals surface area contributed by atoms with Crippen LogP contribution >= 0.6 is 0 Å². The van der Waals surface area contributed by atoms with Gasteiger partial charge in [0.05, 0.1) is 20.8 Å². The lowest BCUT2D eigenvalue weighted by Crippen LogP contribution is -2.37. The van der Waals surface area contributed by atoms with E-state index >= 15 is 0 Å². The minimum Gasteiger partial charge on any atom is -0.497 e. The van der Waals surface area contributed by atoms with E-state index in [1.165, 1.54) is 4.90 Å². The van der Waals surface area contributed by atoms with Crippen LogP contribution in [0.1, 0.15) is 11.4 Å². The summed E-state index contributed by atoms with van der Waals surface area (Å²) in [5.74, 6) is 1.25. The van der Waals surface area contributed by atoms with Crippen molar-refractivity contribution in [3.63, 3.8) is 0 Å². The van der Waals surface area contributed by atoms with E-state index in [4.69, 9.17) is 9.47 Å². The molecule has 0 saturated heterocycles. The minimum atomic E-state index is -0.646. The predicted molar refractivity (Wildman–Crippen MR) is 111 cm³/mol. The van der Waals surface area contributed by atoms with Crippen LogP contribution in [-0.4, -0.2) is 40.5 Å². The molecule has 2 heterocycles. The highest BCUT2D eigenvalue weighted by Crippen LogP contribution is 2.24. The molecule has 0 atom stereocenters. The molecule has 0 spiro atoms. The maximum atomic E-state index is 12.7. The Balaban J connectivity index is 1.42. The second-order valence-corrected chi connectivity index (χ2v) is 6.89.